The molecule has 0 nitrogen and oxygen atoms in total. The van der Waals surface area contributed by atoms with Gasteiger partial charge in [-0.25, -0.2) is 0 Å². The van der Waals surface area contributed by atoms with Crippen molar-refractivity contribution in [1.82, 2.24) is 0 Å². The van der Waals surface area contributed by atoms with E-state index in [1.54, 1.807) is 0 Å². The van der Waals surface area contributed by atoms with Crippen LogP contribution >= 0.6 is 18.9 Å². The van der Waals surface area contributed by atoms with Gasteiger partial charge in [0.2, 0.25) is 0 Å². The molecule has 0 amide bonds. The van der Waals surface area contributed by atoms with Crippen LogP contribution in [-0.4, -0.2) is 5.37 Å². The summed E-state index contributed by atoms with van der Waals surface area (Å²) in [6.45, 7) is 0. The molecule has 0 heterocycles. The molecule has 0 radical (unpaired) electrons. The van der Waals surface area contributed by atoms with E-state index in [-0.39, 0.29) is 0 Å². The summed E-state index contributed by atoms with van der Waals surface area (Å²) in [5, 5.41) is 1.39. The van der Waals surface area contributed by atoms with Gasteiger partial charge >= 0.3 is 0 Å². The lowest BCUT2D eigenvalue weighted by Crippen LogP contribution is -2.35. The second-order valence-electron chi connectivity index (χ2n) is 5.01. The third kappa shape index (κ3) is 2.56. The van der Waals surface area contributed by atoms with Gasteiger partial charge in [-0.15, -0.1) is 0 Å². The fourth-order valence-electron chi connectivity index (χ4n) is 2.77. The zero-order chi connectivity index (χ0) is 15.4. The van der Waals surface area contributed by atoms with Gasteiger partial charge in [0.1, 0.15) is 15.9 Å². The van der Waals surface area contributed by atoms with Crippen LogP contribution in [0.2, 0.25) is 0 Å². The number of alkyl halides is 2. The molecular weight excluding hydrogens is 314 g/mol. The molecule has 3 aromatic rings. The smallest absolute Gasteiger partial charge is 0.185 e. The van der Waals surface area contributed by atoms with Gasteiger partial charge in [0.25, 0.3) is 5.37 Å². The van der Waals surface area contributed by atoms with Crippen LogP contribution in [0.4, 0.5) is 4.39 Å². The normalized spacial score (nSPS) is 12.8. The SMILES string of the molecule is FC(Cl)[P+](c1ccccc1)(c1ccccc1)c1ccccc1. The molecule has 1 atom stereocenters. The van der Waals surface area contributed by atoms with Crippen LogP contribution in [0.5, 0.6) is 0 Å². The molecule has 0 saturated carbocycles. The molecule has 0 aliphatic rings. The summed E-state index contributed by atoms with van der Waals surface area (Å²) in [4.78, 5) is 0. The topological polar surface area (TPSA) is 0 Å². The van der Waals surface area contributed by atoms with E-state index < -0.39 is 12.6 Å². The van der Waals surface area contributed by atoms with Crippen molar-refractivity contribution in [2.24, 2.45) is 0 Å². The van der Waals surface area contributed by atoms with Crippen molar-refractivity contribution in [3.8, 4) is 0 Å². The molecule has 3 rings (SSSR count). The fraction of sp³-hybridized carbons (Fsp3) is 0.0526. The Bertz CT molecular complexity index is 618. The third-order valence-electron chi connectivity index (χ3n) is 3.78. The Balaban J connectivity index is 2.34. The lowest BCUT2D eigenvalue weighted by Gasteiger charge is -2.27. The Morgan fingerprint density at radius 3 is 1.09 bits per heavy atom. The second-order valence-corrected chi connectivity index (χ2v) is 9.14. The zero-order valence-corrected chi connectivity index (χ0v) is 13.6. The Labute approximate surface area is 135 Å². The second kappa shape index (κ2) is 6.60. The first-order valence-electron chi connectivity index (χ1n) is 7.10. The number of hydrogen-bond acceptors (Lipinski definition) is 0. The van der Waals surface area contributed by atoms with Crippen molar-refractivity contribution in [2.75, 3.05) is 0 Å². The van der Waals surface area contributed by atoms with E-state index >= 15 is 0 Å². The molecule has 0 bridgehead atoms. The van der Waals surface area contributed by atoms with E-state index in [2.05, 4.69) is 0 Å². The summed E-state index contributed by atoms with van der Waals surface area (Å²) in [7, 11) is -2.53. The number of hydrogen-bond donors (Lipinski definition) is 0. The molecule has 3 aromatic carbocycles. The van der Waals surface area contributed by atoms with Crippen molar-refractivity contribution in [1.29, 1.82) is 0 Å². The molecule has 0 aliphatic heterocycles. The third-order valence-corrected chi connectivity index (χ3v) is 8.59. The van der Waals surface area contributed by atoms with Crippen molar-refractivity contribution in [3.05, 3.63) is 91.0 Å². The Kier molecular flexibility index (Phi) is 4.57. The minimum atomic E-state index is -2.53. The predicted octanol–water partition coefficient (Wildman–Crippen LogP) is 4.47. The van der Waals surface area contributed by atoms with Gasteiger partial charge in [0.05, 0.1) is 0 Å². The number of benzene rings is 3. The van der Waals surface area contributed by atoms with E-state index in [0.717, 1.165) is 15.9 Å². The van der Waals surface area contributed by atoms with Crippen LogP contribution in [0, 0.1) is 0 Å². The highest BCUT2D eigenvalue weighted by molar-refractivity contribution is 7.97. The summed E-state index contributed by atoms with van der Waals surface area (Å²) in [5.74, 6) is 0. The van der Waals surface area contributed by atoms with Crippen molar-refractivity contribution in [2.45, 2.75) is 5.37 Å². The first kappa shape index (κ1) is 15.2. The average molecular weight is 330 g/mol. The van der Waals surface area contributed by atoms with Crippen molar-refractivity contribution >= 4 is 34.8 Å². The fourth-order valence-corrected chi connectivity index (χ4v) is 7.29. The maximum Gasteiger partial charge on any atom is 0.293 e. The Morgan fingerprint density at radius 2 is 0.864 bits per heavy atom. The summed E-state index contributed by atoms with van der Waals surface area (Å²) >= 11 is 6.19. The van der Waals surface area contributed by atoms with E-state index in [1.807, 2.05) is 91.0 Å². The van der Waals surface area contributed by atoms with Crippen LogP contribution in [0.15, 0.2) is 91.0 Å². The lowest BCUT2D eigenvalue weighted by atomic mass is 10.4. The first-order valence-corrected chi connectivity index (χ1v) is 9.39. The van der Waals surface area contributed by atoms with Crippen LogP contribution < -0.4 is 15.9 Å². The van der Waals surface area contributed by atoms with E-state index in [9.17, 15) is 4.39 Å². The molecule has 22 heavy (non-hydrogen) atoms. The van der Waals surface area contributed by atoms with Crippen LogP contribution in [0.3, 0.4) is 0 Å². The monoisotopic (exact) mass is 329 g/mol. The highest BCUT2D eigenvalue weighted by Gasteiger charge is 2.52. The molecule has 0 saturated heterocycles. The van der Waals surface area contributed by atoms with Crippen molar-refractivity contribution in [3.63, 3.8) is 0 Å². The molecule has 1 unspecified atom stereocenters. The Morgan fingerprint density at radius 1 is 0.591 bits per heavy atom. The minimum absolute atomic E-state index is 0.954. The predicted molar refractivity (Wildman–Crippen MR) is 95.9 cm³/mol. The number of rotatable bonds is 4. The van der Waals surface area contributed by atoms with Crippen LogP contribution in [-0.2, 0) is 0 Å². The maximum atomic E-state index is 14.9. The van der Waals surface area contributed by atoms with Gasteiger partial charge in [-0.1, -0.05) is 54.6 Å². The van der Waals surface area contributed by atoms with Gasteiger partial charge < -0.3 is 0 Å². The van der Waals surface area contributed by atoms with Gasteiger partial charge in [-0.3, -0.25) is 0 Å². The molecule has 3 heteroatoms. The van der Waals surface area contributed by atoms with Crippen molar-refractivity contribution < 1.29 is 4.39 Å². The number of halogens is 2. The van der Waals surface area contributed by atoms with Gasteiger partial charge in [-0.2, -0.15) is 4.39 Å². The van der Waals surface area contributed by atoms with Gasteiger partial charge in [0.15, 0.2) is 7.26 Å². The average Bonchev–Trinajstić information content (AvgIpc) is 2.58. The molecule has 0 spiro atoms. The lowest BCUT2D eigenvalue weighted by molar-refractivity contribution is 0.553. The highest BCUT2D eigenvalue weighted by atomic mass is 35.5. The van der Waals surface area contributed by atoms with Crippen LogP contribution in [0.25, 0.3) is 0 Å². The molecule has 0 N–H and O–H groups in total. The molecular formula is C19H16ClFP+. The highest BCUT2D eigenvalue weighted by Crippen LogP contribution is 2.61. The van der Waals surface area contributed by atoms with E-state index in [0.29, 0.717) is 0 Å². The summed E-state index contributed by atoms with van der Waals surface area (Å²) in [5.41, 5.74) is 0. The largest absolute Gasteiger partial charge is 0.293 e. The van der Waals surface area contributed by atoms with Gasteiger partial charge in [0, 0.05) is 0 Å². The Hall–Kier alpha value is -1.69. The van der Waals surface area contributed by atoms with Gasteiger partial charge in [-0.05, 0) is 48.0 Å². The minimum Gasteiger partial charge on any atom is -0.185 e. The summed E-state index contributed by atoms with van der Waals surface area (Å²) in [6.07, 6.45) is 0. The summed E-state index contributed by atoms with van der Waals surface area (Å²) < 4.78 is 14.9. The molecule has 0 fully saturated rings. The zero-order valence-electron chi connectivity index (χ0n) is 11.9. The molecule has 0 aromatic heterocycles. The van der Waals surface area contributed by atoms with E-state index in [4.69, 9.17) is 11.6 Å². The summed E-state index contributed by atoms with van der Waals surface area (Å²) in [6, 6.07) is 29.3. The standard InChI is InChI=1S/C19H16ClFP/c20-19(21)22(16-10-4-1-5-11-16,17-12-6-2-7-13-17)18-14-8-3-9-15-18/h1-15,19H/q+1. The van der Waals surface area contributed by atoms with Crippen LogP contribution in [0.1, 0.15) is 0 Å². The quantitative estimate of drug-likeness (QED) is 0.489. The first-order chi connectivity index (χ1) is 10.8. The molecule has 0 aliphatic carbocycles. The maximum absolute atomic E-state index is 14.9. The van der Waals surface area contributed by atoms with E-state index in [1.165, 1.54) is 0 Å². The molecule has 110 valence electrons.